The molecule has 5 heteroatoms. The van der Waals surface area contributed by atoms with Crippen LogP contribution >= 0.6 is 0 Å². The molecular weight excluding hydrogens is 321 g/mol. The predicted molar refractivity (Wildman–Crippen MR) is 91.1 cm³/mol. The van der Waals surface area contributed by atoms with Gasteiger partial charge in [-0.1, -0.05) is 12.1 Å². The molecule has 1 atom stereocenters. The minimum Gasteiger partial charge on any atom is -0.493 e. The molecule has 2 aliphatic rings. The number of hydrogen-bond donors (Lipinski definition) is 1. The maximum atomic E-state index is 13.1. The van der Waals surface area contributed by atoms with Crippen LogP contribution in [0.25, 0.3) is 0 Å². The predicted octanol–water partition coefficient (Wildman–Crippen LogP) is 3.10. The van der Waals surface area contributed by atoms with Crippen molar-refractivity contribution in [3.05, 3.63) is 65.0 Å². The quantitative estimate of drug-likeness (QED) is 0.909. The lowest BCUT2D eigenvalue weighted by Crippen LogP contribution is -2.36. The van der Waals surface area contributed by atoms with E-state index in [1.807, 2.05) is 12.1 Å². The van der Waals surface area contributed by atoms with Crippen molar-refractivity contribution in [2.45, 2.75) is 31.4 Å². The van der Waals surface area contributed by atoms with Gasteiger partial charge < -0.3 is 14.7 Å². The first-order valence-corrected chi connectivity index (χ1v) is 8.62. The molecule has 1 saturated carbocycles. The molecule has 0 bridgehead atoms. The van der Waals surface area contributed by atoms with Crippen molar-refractivity contribution < 1.29 is 19.0 Å². The number of hydrogen-bond acceptors (Lipinski definition) is 3. The van der Waals surface area contributed by atoms with Gasteiger partial charge in [-0.05, 0) is 54.3 Å². The first-order valence-electron chi connectivity index (χ1n) is 8.62. The lowest BCUT2D eigenvalue weighted by Gasteiger charge is -2.26. The van der Waals surface area contributed by atoms with E-state index in [1.165, 1.54) is 12.1 Å². The van der Waals surface area contributed by atoms with Crippen LogP contribution in [0, 0.1) is 5.82 Å². The monoisotopic (exact) mass is 341 g/mol. The van der Waals surface area contributed by atoms with Gasteiger partial charge in [-0.25, -0.2) is 4.39 Å². The van der Waals surface area contributed by atoms with Gasteiger partial charge in [-0.3, -0.25) is 4.79 Å². The topological polar surface area (TPSA) is 49.8 Å². The van der Waals surface area contributed by atoms with Crippen molar-refractivity contribution in [1.82, 2.24) is 4.90 Å². The maximum Gasteiger partial charge on any atom is 0.254 e. The molecule has 4 nitrogen and oxygen atoms in total. The van der Waals surface area contributed by atoms with Crippen molar-refractivity contribution in [2.24, 2.45) is 0 Å². The number of benzene rings is 2. The van der Waals surface area contributed by atoms with E-state index < -0.39 is 6.10 Å². The molecular formula is C20H20FNO3. The van der Waals surface area contributed by atoms with Gasteiger partial charge in [0.25, 0.3) is 5.91 Å². The molecule has 1 aliphatic carbocycles. The average Bonchev–Trinajstić information content (AvgIpc) is 3.35. The third kappa shape index (κ3) is 3.37. The van der Waals surface area contributed by atoms with E-state index in [0.29, 0.717) is 17.7 Å². The Morgan fingerprint density at radius 1 is 1.24 bits per heavy atom. The summed E-state index contributed by atoms with van der Waals surface area (Å²) < 4.78 is 18.5. The Morgan fingerprint density at radius 3 is 2.72 bits per heavy atom. The Morgan fingerprint density at radius 2 is 2.00 bits per heavy atom. The van der Waals surface area contributed by atoms with Gasteiger partial charge in [0.1, 0.15) is 11.6 Å². The number of aliphatic hydroxyl groups is 1. The molecule has 1 amide bonds. The van der Waals surface area contributed by atoms with Crippen LogP contribution in [0.2, 0.25) is 0 Å². The van der Waals surface area contributed by atoms with E-state index in [9.17, 15) is 14.3 Å². The summed E-state index contributed by atoms with van der Waals surface area (Å²) in [5.41, 5.74) is 2.30. The molecule has 130 valence electrons. The van der Waals surface area contributed by atoms with Crippen molar-refractivity contribution in [3.63, 3.8) is 0 Å². The second kappa shape index (κ2) is 6.48. The maximum absolute atomic E-state index is 13.1. The van der Waals surface area contributed by atoms with E-state index in [2.05, 4.69) is 0 Å². The second-order valence-corrected chi connectivity index (χ2v) is 6.68. The summed E-state index contributed by atoms with van der Waals surface area (Å²) in [5, 5.41) is 10.5. The molecule has 2 aromatic rings. The third-order valence-electron chi connectivity index (χ3n) is 4.81. The van der Waals surface area contributed by atoms with E-state index in [0.717, 1.165) is 30.6 Å². The summed E-state index contributed by atoms with van der Waals surface area (Å²) in [6.45, 7) is 0.866. The third-order valence-corrected chi connectivity index (χ3v) is 4.81. The van der Waals surface area contributed by atoms with Gasteiger partial charge >= 0.3 is 0 Å². The van der Waals surface area contributed by atoms with E-state index in [-0.39, 0.29) is 24.3 Å². The minimum atomic E-state index is -0.831. The van der Waals surface area contributed by atoms with Crippen LogP contribution in [0.15, 0.2) is 42.5 Å². The molecule has 0 radical (unpaired) electrons. The molecule has 1 aliphatic heterocycles. The molecule has 1 heterocycles. The first kappa shape index (κ1) is 16.1. The zero-order valence-electron chi connectivity index (χ0n) is 13.8. The summed E-state index contributed by atoms with van der Waals surface area (Å²) >= 11 is 0. The molecule has 0 aromatic heterocycles. The number of carbonyl (C=O) groups excluding carboxylic acids is 1. The van der Waals surface area contributed by atoms with Gasteiger partial charge in [-0.2, -0.15) is 0 Å². The standard InChI is InChI=1S/C20H20FNO3/c21-16-4-1-13(2-5-16)18(23)12-22(17-6-7-17)20(24)15-3-8-19-14(11-15)9-10-25-19/h1-5,8,11,17-18,23H,6-7,9-10,12H2. The number of aliphatic hydroxyl groups excluding tert-OH is 1. The van der Waals surface area contributed by atoms with Crippen LogP contribution in [-0.4, -0.2) is 35.1 Å². The van der Waals surface area contributed by atoms with Crippen LogP contribution in [0.4, 0.5) is 4.39 Å². The Balaban J connectivity index is 1.52. The van der Waals surface area contributed by atoms with Crippen molar-refractivity contribution in [1.29, 1.82) is 0 Å². The molecule has 1 fully saturated rings. The fourth-order valence-corrected chi connectivity index (χ4v) is 3.25. The van der Waals surface area contributed by atoms with Crippen molar-refractivity contribution in [3.8, 4) is 5.75 Å². The second-order valence-electron chi connectivity index (χ2n) is 6.68. The van der Waals surface area contributed by atoms with Crippen molar-refractivity contribution in [2.75, 3.05) is 13.2 Å². The highest BCUT2D eigenvalue weighted by Gasteiger charge is 2.34. The molecule has 0 saturated heterocycles. The highest BCUT2D eigenvalue weighted by atomic mass is 19.1. The van der Waals surface area contributed by atoms with Crippen LogP contribution in [0.5, 0.6) is 5.75 Å². The molecule has 1 N–H and O–H groups in total. The Kier molecular flexibility index (Phi) is 4.17. The van der Waals surface area contributed by atoms with E-state index >= 15 is 0 Å². The first-order chi connectivity index (χ1) is 12.1. The van der Waals surface area contributed by atoms with Crippen LogP contribution in [0.1, 0.15) is 40.4 Å². The number of amides is 1. The average molecular weight is 341 g/mol. The largest absolute Gasteiger partial charge is 0.493 e. The van der Waals surface area contributed by atoms with Gasteiger partial charge in [-0.15, -0.1) is 0 Å². The van der Waals surface area contributed by atoms with Crippen LogP contribution < -0.4 is 4.74 Å². The summed E-state index contributed by atoms with van der Waals surface area (Å²) in [5.74, 6) is 0.436. The lowest BCUT2D eigenvalue weighted by atomic mass is 10.1. The number of fused-ring (bicyclic) bond motifs is 1. The summed E-state index contributed by atoms with van der Waals surface area (Å²) in [6.07, 6.45) is 1.90. The number of carbonyl (C=O) groups is 1. The molecule has 25 heavy (non-hydrogen) atoms. The van der Waals surface area contributed by atoms with Gasteiger partial charge in [0.05, 0.1) is 19.3 Å². The van der Waals surface area contributed by atoms with E-state index in [4.69, 9.17) is 4.74 Å². The van der Waals surface area contributed by atoms with E-state index in [1.54, 1.807) is 23.1 Å². The van der Waals surface area contributed by atoms with Gasteiger partial charge in [0, 0.05) is 18.0 Å². The highest BCUT2D eigenvalue weighted by Crippen LogP contribution is 2.32. The molecule has 4 rings (SSSR count). The highest BCUT2D eigenvalue weighted by molar-refractivity contribution is 5.95. The van der Waals surface area contributed by atoms with Gasteiger partial charge in [0.15, 0.2) is 0 Å². The fourth-order valence-electron chi connectivity index (χ4n) is 3.25. The summed E-state index contributed by atoms with van der Waals surface area (Å²) in [7, 11) is 0. The lowest BCUT2D eigenvalue weighted by molar-refractivity contribution is 0.0603. The number of halogens is 1. The van der Waals surface area contributed by atoms with Crippen LogP contribution in [-0.2, 0) is 6.42 Å². The SMILES string of the molecule is O=C(c1ccc2c(c1)CCO2)N(CC(O)c1ccc(F)cc1)C1CC1. The normalized spacial score (nSPS) is 16.9. The number of rotatable bonds is 5. The number of ether oxygens (including phenoxy) is 1. The fraction of sp³-hybridized carbons (Fsp3) is 0.350. The van der Waals surface area contributed by atoms with Gasteiger partial charge in [0.2, 0.25) is 0 Å². The zero-order chi connectivity index (χ0) is 17.4. The molecule has 2 aromatic carbocycles. The van der Waals surface area contributed by atoms with Crippen molar-refractivity contribution >= 4 is 5.91 Å². The summed E-state index contributed by atoms with van der Waals surface area (Å²) in [4.78, 5) is 14.7. The Labute approximate surface area is 145 Å². The smallest absolute Gasteiger partial charge is 0.254 e. The zero-order valence-corrected chi connectivity index (χ0v) is 13.8. The Hall–Kier alpha value is -2.40. The molecule has 1 unspecified atom stereocenters. The number of nitrogens with zero attached hydrogens (tertiary/aromatic N) is 1. The Bertz CT molecular complexity index is 786. The van der Waals surface area contributed by atoms with Crippen LogP contribution in [0.3, 0.4) is 0 Å². The summed E-state index contributed by atoms with van der Waals surface area (Å²) in [6, 6.07) is 11.5. The minimum absolute atomic E-state index is 0.0710. The molecule has 0 spiro atoms.